The van der Waals surface area contributed by atoms with E-state index in [0.29, 0.717) is 18.0 Å². The van der Waals surface area contributed by atoms with Crippen LogP contribution in [0.2, 0.25) is 0 Å². The van der Waals surface area contributed by atoms with Gasteiger partial charge in [0.1, 0.15) is 11.6 Å². The topological polar surface area (TPSA) is 32.3 Å². The lowest BCUT2D eigenvalue weighted by molar-refractivity contribution is 0.228. The molecular weight excluding hydrogens is 224 g/mol. The maximum atomic E-state index is 13.2. The molecule has 96 valence electrons. The average Bonchev–Trinajstić information content (AvgIpc) is 2.30. The van der Waals surface area contributed by atoms with E-state index in [0.717, 1.165) is 25.5 Å². The highest BCUT2D eigenvalue weighted by atomic mass is 19.1. The first-order valence-electron chi connectivity index (χ1n) is 5.89. The Hall–Kier alpha value is -1.00. The van der Waals surface area contributed by atoms with Crippen molar-refractivity contribution in [1.29, 1.82) is 0 Å². The summed E-state index contributed by atoms with van der Waals surface area (Å²) in [4.78, 5) is 0. The minimum Gasteiger partial charge on any atom is -0.396 e. The van der Waals surface area contributed by atoms with Crippen molar-refractivity contribution in [2.45, 2.75) is 26.3 Å². The van der Waals surface area contributed by atoms with E-state index in [1.165, 1.54) is 12.1 Å². The van der Waals surface area contributed by atoms with Gasteiger partial charge in [-0.1, -0.05) is 13.0 Å². The van der Waals surface area contributed by atoms with Crippen molar-refractivity contribution in [3.63, 3.8) is 0 Å². The van der Waals surface area contributed by atoms with Gasteiger partial charge < -0.3 is 10.4 Å². The number of rotatable bonds is 7. The van der Waals surface area contributed by atoms with Crippen LogP contribution >= 0.6 is 0 Å². The molecular formula is C13H19F2NO. The van der Waals surface area contributed by atoms with Crippen molar-refractivity contribution in [2.24, 2.45) is 5.92 Å². The predicted octanol–water partition coefficient (Wildman–Crippen LogP) is 2.46. The highest BCUT2D eigenvalue weighted by Crippen LogP contribution is 2.09. The third-order valence-electron chi connectivity index (χ3n) is 2.69. The number of hydrogen-bond donors (Lipinski definition) is 2. The summed E-state index contributed by atoms with van der Waals surface area (Å²) >= 11 is 0. The molecule has 0 aliphatic carbocycles. The monoisotopic (exact) mass is 243 g/mol. The molecule has 1 unspecified atom stereocenters. The molecule has 1 aromatic rings. The summed E-state index contributed by atoms with van der Waals surface area (Å²) in [6.45, 7) is 3.35. The molecule has 2 nitrogen and oxygen atoms in total. The number of nitrogens with one attached hydrogen (secondary N) is 1. The van der Waals surface area contributed by atoms with E-state index in [1.54, 1.807) is 0 Å². The Balaban J connectivity index is 2.22. The van der Waals surface area contributed by atoms with E-state index in [9.17, 15) is 8.78 Å². The Bertz CT molecular complexity index is 344. The maximum Gasteiger partial charge on any atom is 0.130 e. The van der Waals surface area contributed by atoms with Crippen molar-refractivity contribution in [3.8, 4) is 0 Å². The predicted molar refractivity (Wildman–Crippen MR) is 63.5 cm³/mol. The van der Waals surface area contributed by atoms with E-state index in [1.807, 2.05) is 6.92 Å². The van der Waals surface area contributed by atoms with E-state index in [2.05, 4.69) is 5.32 Å². The first kappa shape index (κ1) is 14.1. The van der Waals surface area contributed by atoms with Crippen molar-refractivity contribution in [3.05, 3.63) is 35.4 Å². The lowest BCUT2D eigenvalue weighted by Crippen LogP contribution is -2.16. The van der Waals surface area contributed by atoms with E-state index >= 15 is 0 Å². The zero-order valence-electron chi connectivity index (χ0n) is 10.0. The van der Waals surface area contributed by atoms with Crippen LogP contribution in [-0.2, 0) is 6.54 Å². The Labute approximate surface area is 101 Å². The van der Waals surface area contributed by atoms with Gasteiger partial charge >= 0.3 is 0 Å². The summed E-state index contributed by atoms with van der Waals surface area (Å²) in [6, 6.07) is 3.60. The van der Waals surface area contributed by atoms with Crippen LogP contribution in [0.5, 0.6) is 0 Å². The molecule has 0 heterocycles. The van der Waals surface area contributed by atoms with Gasteiger partial charge in [0.15, 0.2) is 0 Å². The van der Waals surface area contributed by atoms with Crippen molar-refractivity contribution < 1.29 is 13.9 Å². The van der Waals surface area contributed by atoms with Gasteiger partial charge in [0.2, 0.25) is 0 Å². The van der Waals surface area contributed by atoms with Crippen LogP contribution in [0.25, 0.3) is 0 Å². The fourth-order valence-electron chi connectivity index (χ4n) is 1.55. The minimum atomic E-state index is -0.553. The molecule has 0 aromatic heterocycles. The molecule has 2 N–H and O–H groups in total. The molecule has 0 bridgehead atoms. The van der Waals surface area contributed by atoms with Gasteiger partial charge in [0.25, 0.3) is 0 Å². The average molecular weight is 243 g/mol. The molecule has 0 aliphatic rings. The van der Waals surface area contributed by atoms with Crippen LogP contribution in [-0.4, -0.2) is 18.3 Å². The number of benzene rings is 1. The molecule has 0 aliphatic heterocycles. The van der Waals surface area contributed by atoms with Gasteiger partial charge in [-0.25, -0.2) is 8.78 Å². The second-order valence-corrected chi connectivity index (χ2v) is 4.34. The first-order chi connectivity index (χ1) is 8.13. The zero-order valence-corrected chi connectivity index (χ0v) is 10.0. The van der Waals surface area contributed by atoms with Gasteiger partial charge in [-0.15, -0.1) is 0 Å². The second-order valence-electron chi connectivity index (χ2n) is 4.34. The van der Waals surface area contributed by atoms with Gasteiger partial charge in [0.05, 0.1) is 0 Å². The van der Waals surface area contributed by atoms with Gasteiger partial charge in [-0.2, -0.15) is 0 Å². The lowest BCUT2D eigenvalue weighted by Gasteiger charge is -2.08. The molecule has 1 atom stereocenters. The Morgan fingerprint density at radius 2 is 2.12 bits per heavy atom. The SMILES string of the molecule is CC(CO)CCCNCc1ccc(F)cc1F. The highest BCUT2D eigenvalue weighted by Gasteiger charge is 2.03. The first-order valence-corrected chi connectivity index (χ1v) is 5.89. The molecule has 1 aromatic carbocycles. The van der Waals surface area contributed by atoms with Gasteiger partial charge in [0, 0.05) is 24.8 Å². The van der Waals surface area contributed by atoms with E-state index < -0.39 is 11.6 Å². The normalized spacial score (nSPS) is 12.7. The zero-order chi connectivity index (χ0) is 12.7. The van der Waals surface area contributed by atoms with Crippen LogP contribution < -0.4 is 5.32 Å². The van der Waals surface area contributed by atoms with Crippen LogP contribution in [0.1, 0.15) is 25.3 Å². The Kier molecular flexibility index (Phi) is 6.08. The van der Waals surface area contributed by atoms with Crippen LogP contribution in [0.15, 0.2) is 18.2 Å². The van der Waals surface area contributed by atoms with E-state index in [-0.39, 0.29) is 6.61 Å². The fraction of sp³-hybridized carbons (Fsp3) is 0.538. The Morgan fingerprint density at radius 1 is 1.35 bits per heavy atom. The molecule has 0 saturated heterocycles. The summed E-state index contributed by atoms with van der Waals surface area (Å²) in [7, 11) is 0. The molecule has 0 fully saturated rings. The van der Waals surface area contributed by atoms with Crippen molar-refractivity contribution >= 4 is 0 Å². The second kappa shape index (κ2) is 7.35. The van der Waals surface area contributed by atoms with Crippen LogP contribution in [0.3, 0.4) is 0 Å². The summed E-state index contributed by atoms with van der Waals surface area (Å²) < 4.78 is 25.9. The molecule has 4 heteroatoms. The summed E-state index contributed by atoms with van der Waals surface area (Å²) in [5.74, 6) is -0.761. The standard InChI is InChI=1S/C13H19F2NO/c1-10(9-17)3-2-6-16-8-11-4-5-12(14)7-13(11)15/h4-5,7,10,16-17H,2-3,6,8-9H2,1H3. The van der Waals surface area contributed by atoms with Crippen molar-refractivity contribution in [2.75, 3.05) is 13.2 Å². The fourth-order valence-corrected chi connectivity index (χ4v) is 1.55. The van der Waals surface area contributed by atoms with E-state index in [4.69, 9.17) is 5.11 Å². The number of aliphatic hydroxyl groups is 1. The number of hydrogen-bond acceptors (Lipinski definition) is 2. The van der Waals surface area contributed by atoms with Gasteiger partial charge in [-0.05, 0) is 31.4 Å². The van der Waals surface area contributed by atoms with Crippen molar-refractivity contribution in [1.82, 2.24) is 5.32 Å². The van der Waals surface area contributed by atoms with Crippen LogP contribution in [0, 0.1) is 17.6 Å². The molecule has 1 rings (SSSR count). The number of halogens is 2. The molecule has 0 radical (unpaired) electrons. The third-order valence-corrected chi connectivity index (χ3v) is 2.69. The quantitative estimate of drug-likeness (QED) is 0.721. The molecule has 0 spiro atoms. The Morgan fingerprint density at radius 3 is 2.76 bits per heavy atom. The minimum absolute atomic E-state index is 0.201. The maximum absolute atomic E-state index is 13.2. The highest BCUT2D eigenvalue weighted by molar-refractivity contribution is 5.18. The summed E-state index contributed by atoms with van der Waals surface area (Å²) in [5.41, 5.74) is 0.474. The smallest absolute Gasteiger partial charge is 0.130 e. The molecule has 17 heavy (non-hydrogen) atoms. The number of aliphatic hydroxyl groups excluding tert-OH is 1. The molecule has 0 amide bonds. The summed E-state index contributed by atoms with van der Waals surface area (Å²) in [5, 5.41) is 11.9. The largest absolute Gasteiger partial charge is 0.396 e. The van der Waals surface area contributed by atoms with Crippen LogP contribution in [0.4, 0.5) is 8.78 Å². The third kappa shape index (κ3) is 5.24. The molecule has 0 saturated carbocycles. The summed E-state index contributed by atoms with van der Waals surface area (Å²) in [6.07, 6.45) is 1.87. The lowest BCUT2D eigenvalue weighted by atomic mass is 10.1. The van der Waals surface area contributed by atoms with Gasteiger partial charge in [-0.3, -0.25) is 0 Å².